The van der Waals surface area contributed by atoms with Crippen molar-refractivity contribution < 1.29 is 24.2 Å². The summed E-state index contributed by atoms with van der Waals surface area (Å²) in [6.07, 6.45) is 14.8. The van der Waals surface area contributed by atoms with Gasteiger partial charge in [-0.2, -0.15) is 0 Å². The molecule has 0 aromatic heterocycles. The summed E-state index contributed by atoms with van der Waals surface area (Å²) < 4.78 is 11.1. The summed E-state index contributed by atoms with van der Waals surface area (Å²) in [5, 5.41) is 13.4. The van der Waals surface area contributed by atoms with Gasteiger partial charge in [-0.3, -0.25) is 9.59 Å². The molecule has 0 aliphatic heterocycles. The van der Waals surface area contributed by atoms with E-state index in [4.69, 9.17) is 9.47 Å². The summed E-state index contributed by atoms with van der Waals surface area (Å²) in [6, 6.07) is 0. The SMILES string of the molecule is CCC(=O)CCCOCCOCCNC(=O)CC[C@@H](C)C1CC[C@H]2[C@@H]3CC[C@@H]4C[C@H](O)CC[C@]4(C)[C@H]3CC[C@]12C. The molecule has 0 saturated heterocycles. The van der Waals surface area contributed by atoms with Gasteiger partial charge in [-0.1, -0.05) is 27.7 Å². The number of amides is 1. The first-order valence-electron chi connectivity index (χ1n) is 16.8. The van der Waals surface area contributed by atoms with E-state index in [2.05, 4.69) is 26.1 Å². The van der Waals surface area contributed by atoms with Crippen LogP contribution >= 0.6 is 0 Å². The standard InChI is InChI=1S/C34H59NO5/c1-5-26(36)7-6-19-39-21-22-40-20-18-35-32(38)13-8-24(2)29-11-12-30-28-10-9-25-23-27(37)14-16-33(25,3)31(28)15-17-34(29,30)4/h24-25,27-31,37H,5-23H2,1-4H3,(H,35,38)/t24-,25-,27-,28+,29?,30+,31+,33+,34-/m1/s1. The van der Waals surface area contributed by atoms with Crippen LogP contribution in [0.15, 0.2) is 0 Å². The minimum atomic E-state index is -0.0654. The van der Waals surface area contributed by atoms with Crippen LogP contribution in [-0.2, 0) is 19.1 Å². The van der Waals surface area contributed by atoms with Crippen molar-refractivity contribution in [3.63, 3.8) is 0 Å². The molecule has 0 radical (unpaired) electrons. The third-order valence-corrected chi connectivity index (χ3v) is 12.3. The molecule has 4 aliphatic rings. The molecule has 1 amide bonds. The van der Waals surface area contributed by atoms with E-state index in [1.807, 2.05) is 6.92 Å². The average Bonchev–Trinajstić information content (AvgIpc) is 3.30. The Kier molecular flexibility index (Phi) is 11.6. The number of nitrogens with one attached hydrogen (secondary N) is 1. The van der Waals surface area contributed by atoms with Gasteiger partial charge in [0.05, 0.1) is 25.9 Å². The van der Waals surface area contributed by atoms with E-state index >= 15 is 0 Å². The van der Waals surface area contributed by atoms with Crippen LogP contribution in [0.1, 0.15) is 118 Å². The molecule has 40 heavy (non-hydrogen) atoms. The van der Waals surface area contributed by atoms with E-state index in [-0.39, 0.29) is 17.8 Å². The fourth-order valence-corrected chi connectivity index (χ4v) is 9.99. The summed E-state index contributed by atoms with van der Waals surface area (Å²) in [6.45, 7) is 12.2. The zero-order valence-electron chi connectivity index (χ0n) is 26.1. The number of rotatable bonds is 15. The van der Waals surface area contributed by atoms with Crippen LogP contribution in [0.4, 0.5) is 0 Å². The van der Waals surface area contributed by atoms with Crippen molar-refractivity contribution in [2.24, 2.45) is 46.3 Å². The molecule has 4 rings (SSSR count). The highest BCUT2D eigenvalue weighted by Crippen LogP contribution is 2.68. The lowest BCUT2D eigenvalue weighted by atomic mass is 9.44. The maximum Gasteiger partial charge on any atom is 0.220 e. The predicted octanol–water partition coefficient (Wildman–Crippen LogP) is 6.33. The van der Waals surface area contributed by atoms with Gasteiger partial charge in [-0.15, -0.1) is 0 Å². The maximum absolute atomic E-state index is 12.6. The van der Waals surface area contributed by atoms with Gasteiger partial charge in [0.15, 0.2) is 0 Å². The highest BCUT2D eigenvalue weighted by atomic mass is 16.5. The maximum atomic E-state index is 12.6. The third kappa shape index (κ3) is 7.32. The molecule has 2 N–H and O–H groups in total. The number of fused-ring (bicyclic) bond motifs is 5. The first-order chi connectivity index (χ1) is 19.2. The van der Waals surface area contributed by atoms with E-state index in [0.29, 0.717) is 69.0 Å². The van der Waals surface area contributed by atoms with Gasteiger partial charge in [0.25, 0.3) is 0 Å². The normalized spacial score (nSPS) is 37.7. The van der Waals surface area contributed by atoms with Crippen molar-refractivity contribution in [2.75, 3.05) is 33.0 Å². The van der Waals surface area contributed by atoms with Crippen molar-refractivity contribution in [1.82, 2.24) is 5.32 Å². The van der Waals surface area contributed by atoms with E-state index < -0.39 is 0 Å². The molecular weight excluding hydrogens is 502 g/mol. The zero-order valence-corrected chi connectivity index (χ0v) is 26.1. The average molecular weight is 562 g/mol. The number of ether oxygens (including phenoxy) is 2. The quantitative estimate of drug-likeness (QED) is 0.228. The Morgan fingerprint density at radius 2 is 1.62 bits per heavy atom. The predicted molar refractivity (Wildman–Crippen MR) is 159 cm³/mol. The Morgan fingerprint density at radius 3 is 2.40 bits per heavy atom. The van der Waals surface area contributed by atoms with Gasteiger partial charge in [0, 0.05) is 32.4 Å². The summed E-state index contributed by atoms with van der Waals surface area (Å²) in [4.78, 5) is 23.8. The van der Waals surface area contributed by atoms with Gasteiger partial charge in [0.1, 0.15) is 5.78 Å². The fraction of sp³-hybridized carbons (Fsp3) is 0.941. The second-order valence-corrected chi connectivity index (χ2v) is 14.4. The van der Waals surface area contributed by atoms with Crippen LogP contribution < -0.4 is 5.32 Å². The van der Waals surface area contributed by atoms with Crippen molar-refractivity contribution in [1.29, 1.82) is 0 Å². The van der Waals surface area contributed by atoms with Crippen molar-refractivity contribution in [3.05, 3.63) is 0 Å². The van der Waals surface area contributed by atoms with E-state index in [9.17, 15) is 14.7 Å². The lowest BCUT2D eigenvalue weighted by Gasteiger charge is -2.61. The number of ketones is 1. The molecular formula is C34H59NO5. The number of carbonyl (C=O) groups excluding carboxylic acids is 2. The Hall–Kier alpha value is -0.980. The molecule has 4 aliphatic carbocycles. The van der Waals surface area contributed by atoms with Crippen LogP contribution in [0.2, 0.25) is 0 Å². The van der Waals surface area contributed by atoms with Crippen LogP contribution in [0.5, 0.6) is 0 Å². The van der Waals surface area contributed by atoms with Gasteiger partial charge in [0.2, 0.25) is 5.91 Å². The molecule has 6 nitrogen and oxygen atoms in total. The van der Waals surface area contributed by atoms with Crippen LogP contribution in [0.25, 0.3) is 0 Å². The van der Waals surface area contributed by atoms with Crippen molar-refractivity contribution >= 4 is 11.7 Å². The zero-order chi connectivity index (χ0) is 28.8. The van der Waals surface area contributed by atoms with Crippen LogP contribution in [0.3, 0.4) is 0 Å². The second kappa shape index (κ2) is 14.5. The Morgan fingerprint density at radius 1 is 0.900 bits per heavy atom. The molecule has 1 unspecified atom stereocenters. The first kappa shape index (κ1) is 31.9. The third-order valence-electron chi connectivity index (χ3n) is 12.3. The molecule has 0 heterocycles. The van der Waals surface area contributed by atoms with Gasteiger partial charge < -0.3 is 19.9 Å². The topological polar surface area (TPSA) is 84.9 Å². The van der Waals surface area contributed by atoms with E-state index in [1.165, 1.54) is 44.9 Å². The minimum Gasteiger partial charge on any atom is -0.393 e. The van der Waals surface area contributed by atoms with Gasteiger partial charge in [-0.25, -0.2) is 0 Å². The fourth-order valence-electron chi connectivity index (χ4n) is 9.99. The monoisotopic (exact) mass is 561 g/mol. The van der Waals surface area contributed by atoms with Crippen molar-refractivity contribution in [2.45, 2.75) is 124 Å². The number of hydrogen-bond donors (Lipinski definition) is 2. The molecule has 0 aromatic carbocycles. The minimum absolute atomic E-state index is 0.0654. The number of hydrogen-bond acceptors (Lipinski definition) is 5. The first-order valence-corrected chi connectivity index (χ1v) is 16.8. The summed E-state index contributed by atoms with van der Waals surface area (Å²) in [5.41, 5.74) is 0.869. The Balaban J connectivity index is 1.13. The summed E-state index contributed by atoms with van der Waals surface area (Å²) in [7, 11) is 0. The molecule has 0 spiro atoms. The van der Waals surface area contributed by atoms with Gasteiger partial charge in [-0.05, 0) is 117 Å². The number of Topliss-reactive ketones (excluding diaryl/α,β-unsaturated/α-hetero) is 1. The van der Waals surface area contributed by atoms with E-state index in [1.54, 1.807) is 0 Å². The largest absolute Gasteiger partial charge is 0.393 e. The highest BCUT2D eigenvalue weighted by Gasteiger charge is 2.60. The Bertz CT molecular complexity index is 833. The van der Waals surface area contributed by atoms with Gasteiger partial charge >= 0.3 is 0 Å². The van der Waals surface area contributed by atoms with E-state index in [0.717, 1.165) is 55.3 Å². The van der Waals surface area contributed by atoms with Crippen LogP contribution in [0, 0.1) is 46.3 Å². The Labute approximate surface area is 244 Å². The molecule has 230 valence electrons. The van der Waals surface area contributed by atoms with Crippen molar-refractivity contribution in [3.8, 4) is 0 Å². The summed E-state index contributed by atoms with van der Waals surface area (Å²) >= 11 is 0. The molecule has 0 bridgehead atoms. The number of carbonyl (C=O) groups is 2. The summed E-state index contributed by atoms with van der Waals surface area (Å²) in [5.74, 6) is 5.02. The number of aliphatic hydroxyl groups is 1. The highest BCUT2D eigenvalue weighted by molar-refractivity contribution is 5.77. The number of aliphatic hydroxyl groups excluding tert-OH is 1. The lowest BCUT2D eigenvalue weighted by molar-refractivity contribution is -0.130. The molecule has 4 fully saturated rings. The smallest absolute Gasteiger partial charge is 0.220 e. The molecule has 6 heteroatoms. The molecule has 4 saturated carbocycles. The second-order valence-electron chi connectivity index (χ2n) is 14.4. The lowest BCUT2D eigenvalue weighted by Crippen LogP contribution is -2.54. The molecule has 9 atom stereocenters. The molecule has 0 aromatic rings. The van der Waals surface area contributed by atoms with Crippen LogP contribution in [-0.4, -0.2) is 55.9 Å².